The van der Waals surface area contributed by atoms with E-state index in [-0.39, 0.29) is 11.8 Å². The van der Waals surface area contributed by atoms with E-state index in [0.29, 0.717) is 6.54 Å². The van der Waals surface area contributed by atoms with E-state index in [9.17, 15) is 4.79 Å². The Bertz CT molecular complexity index is 328. The Balaban J connectivity index is 1.85. The molecule has 3 heteroatoms. The van der Waals surface area contributed by atoms with Crippen molar-refractivity contribution in [3.05, 3.63) is 29.8 Å². The molecule has 3 nitrogen and oxygen atoms in total. The summed E-state index contributed by atoms with van der Waals surface area (Å²) in [5.41, 5.74) is 7.40. The predicted octanol–water partition coefficient (Wildman–Crippen LogP) is 1.30. The number of nitrogen functional groups attached to an aromatic ring is 1. The predicted molar refractivity (Wildman–Crippen MR) is 55.4 cm³/mol. The van der Waals surface area contributed by atoms with Crippen molar-refractivity contribution in [1.29, 1.82) is 0 Å². The molecule has 0 aromatic heterocycles. The van der Waals surface area contributed by atoms with Gasteiger partial charge in [0.05, 0.1) is 0 Å². The summed E-state index contributed by atoms with van der Waals surface area (Å²) in [5.74, 6) is 0.464. The minimum atomic E-state index is 0.182. The molecule has 0 aliphatic heterocycles. The molecule has 1 aliphatic carbocycles. The molecular weight excluding hydrogens is 176 g/mol. The summed E-state index contributed by atoms with van der Waals surface area (Å²) in [6, 6.07) is 7.56. The lowest BCUT2D eigenvalue weighted by Gasteiger charge is -2.04. The van der Waals surface area contributed by atoms with Crippen LogP contribution in [0, 0.1) is 5.92 Å². The molecule has 1 aromatic rings. The number of rotatable bonds is 3. The number of benzene rings is 1. The third kappa shape index (κ3) is 2.25. The Labute approximate surface area is 83.3 Å². The maximum absolute atomic E-state index is 11.3. The van der Waals surface area contributed by atoms with Crippen molar-refractivity contribution in [1.82, 2.24) is 5.32 Å². The van der Waals surface area contributed by atoms with Crippen LogP contribution >= 0.6 is 0 Å². The van der Waals surface area contributed by atoms with Gasteiger partial charge < -0.3 is 11.1 Å². The van der Waals surface area contributed by atoms with Crippen molar-refractivity contribution >= 4 is 11.6 Å². The number of hydrogen-bond acceptors (Lipinski definition) is 2. The highest BCUT2D eigenvalue weighted by Crippen LogP contribution is 2.28. The molecule has 0 unspecified atom stereocenters. The van der Waals surface area contributed by atoms with Gasteiger partial charge in [0.15, 0.2) is 0 Å². The van der Waals surface area contributed by atoms with E-state index >= 15 is 0 Å². The number of hydrogen-bond donors (Lipinski definition) is 2. The van der Waals surface area contributed by atoms with Gasteiger partial charge in [-0.05, 0) is 30.5 Å². The Hall–Kier alpha value is -1.51. The number of nitrogens with one attached hydrogen (secondary N) is 1. The van der Waals surface area contributed by atoms with E-state index in [1.807, 2.05) is 24.3 Å². The fourth-order valence-electron chi connectivity index (χ4n) is 1.31. The van der Waals surface area contributed by atoms with Crippen molar-refractivity contribution in [2.24, 2.45) is 5.92 Å². The molecule has 0 radical (unpaired) electrons. The molecule has 2 rings (SSSR count). The van der Waals surface area contributed by atoms with Crippen molar-refractivity contribution in [3.8, 4) is 0 Å². The first-order valence-electron chi connectivity index (χ1n) is 4.88. The zero-order valence-electron chi connectivity index (χ0n) is 7.99. The number of amides is 1. The first-order chi connectivity index (χ1) is 6.75. The molecule has 1 fully saturated rings. The molecule has 0 bridgehead atoms. The van der Waals surface area contributed by atoms with Crippen molar-refractivity contribution in [2.45, 2.75) is 19.4 Å². The SMILES string of the molecule is Nc1ccc(CNC(=O)C2CC2)cc1. The Morgan fingerprint density at radius 1 is 1.36 bits per heavy atom. The first kappa shape index (κ1) is 9.06. The summed E-state index contributed by atoms with van der Waals surface area (Å²) in [7, 11) is 0. The fourth-order valence-corrected chi connectivity index (χ4v) is 1.31. The number of anilines is 1. The molecule has 1 saturated carbocycles. The number of nitrogens with two attached hydrogens (primary N) is 1. The third-order valence-electron chi connectivity index (χ3n) is 2.39. The second-order valence-corrected chi connectivity index (χ2v) is 3.73. The highest BCUT2D eigenvalue weighted by Gasteiger charge is 2.29. The molecular formula is C11H14N2O. The summed E-state index contributed by atoms with van der Waals surface area (Å²) in [6.07, 6.45) is 2.10. The number of carbonyl (C=O) groups is 1. The van der Waals surface area contributed by atoms with E-state index < -0.39 is 0 Å². The number of carbonyl (C=O) groups excluding carboxylic acids is 1. The minimum absolute atomic E-state index is 0.182. The van der Waals surface area contributed by atoms with Crippen molar-refractivity contribution in [3.63, 3.8) is 0 Å². The van der Waals surface area contributed by atoms with Crippen LogP contribution in [0.3, 0.4) is 0 Å². The smallest absolute Gasteiger partial charge is 0.223 e. The molecule has 0 atom stereocenters. The Morgan fingerprint density at radius 2 is 2.00 bits per heavy atom. The van der Waals surface area contributed by atoms with E-state index in [1.165, 1.54) is 0 Å². The molecule has 1 aliphatic rings. The molecule has 14 heavy (non-hydrogen) atoms. The van der Waals surface area contributed by atoms with Gasteiger partial charge in [-0.15, -0.1) is 0 Å². The summed E-state index contributed by atoms with van der Waals surface area (Å²) in [4.78, 5) is 11.3. The fraction of sp³-hybridized carbons (Fsp3) is 0.364. The summed E-state index contributed by atoms with van der Waals surface area (Å²) in [6.45, 7) is 0.607. The maximum atomic E-state index is 11.3. The standard InChI is InChI=1S/C11H14N2O/c12-10-5-1-8(2-6-10)7-13-11(14)9-3-4-9/h1-2,5-6,9H,3-4,7,12H2,(H,13,14). The Kier molecular flexibility index (Phi) is 2.39. The normalized spacial score (nSPS) is 15.1. The van der Waals surface area contributed by atoms with Crippen molar-refractivity contribution < 1.29 is 4.79 Å². The van der Waals surface area contributed by atoms with Gasteiger partial charge in [-0.2, -0.15) is 0 Å². The van der Waals surface area contributed by atoms with Crippen LogP contribution in [0.4, 0.5) is 5.69 Å². The third-order valence-corrected chi connectivity index (χ3v) is 2.39. The van der Waals surface area contributed by atoms with E-state index in [1.54, 1.807) is 0 Å². The van der Waals surface area contributed by atoms with Gasteiger partial charge in [0, 0.05) is 18.2 Å². The molecule has 0 heterocycles. The zero-order valence-corrected chi connectivity index (χ0v) is 7.99. The Morgan fingerprint density at radius 3 is 2.57 bits per heavy atom. The average Bonchev–Trinajstić information content (AvgIpc) is 3.00. The first-order valence-corrected chi connectivity index (χ1v) is 4.88. The van der Waals surface area contributed by atoms with Gasteiger partial charge in [0.1, 0.15) is 0 Å². The second-order valence-electron chi connectivity index (χ2n) is 3.73. The van der Waals surface area contributed by atoms with Crippen LogP contribution in [-0.4, -0.2) is 5.91 Å². The van der Waals surface area contributed by atoms with Gasteiger partial charge in [-0.1, -0.05) is 12.1 Å². The van der Waals surface area contributed by atoms with Gasteiger partial charge in [0.25, 0.3) is 0 Å². The lowest BCUT2D eigenvalue weighted by Crippen LogP contribution is -2.24. The lowest BCUT2D eigenvalue weighted by atomic mass is 10.2. The van der Waals surface area contributed by atoms with Crippen LogP contribution in [0.2, 0.25) is 0 Å². The second kappa shape index (κ2) is 3.70. The molecule has 1 amide bonds. The van der Waals surface area contributed by atoms with Crippen LogP contribution in [0.1, 0.15) is 18.4 Å². The van der Waals surface area contributed by atoms with Crippen LogP contribution in [-0.2, 0) is 11.3 Å². The summed E-state index contributed by atoms with van der Waals surface area (Å²) in [5, 5.41) is 2.90. The monoisotopic (exact) mass is 190 g/mol. The van der Waals surface area contributed by atoms with Crippen LogP contribution in [0.5, 0.6) is 0 Å². The highest BCUT2D eigenvalue weighted by molar-refractivity contribution is 5.80. The molecule has 74 valence electrons. The molecule has 3 N–H and O–H groups in total. The topological polar surface area (TPSA) is 55.1 Å². The van der Waals surface area contributed by atoms with Crippen LogP contribution < -0.4 is 11.1 Å². The highest BCUT2D eigenvalue weighted by atomic mass is 16.2. The van der Waals surface area contributed by atoms with E-state index in [4.69, 9.17) is 5.73 Å². The lowest BCUT2D eigenvalue weighted by molar-refractivity contribution is -0.122. The van der Waals surface area contributed by atoms with Crippen molar-refractivity contribution in [2.75, 3.05) is 5.73 Å². The summed E-state index contributed by atoms with van der Waals surface area (Å²) >= 11 is 0. The molecule has 0 saturated heterocycles. The largest absolute Gasteiger partial charge is 0.399 e. The quantitative estimate of drug-likeness (QED) is 0.706. The van der Waals surface area contributed by atoms with Crippen LogP contribution in [0.25, 0.3) is 0 Å². The maximum Gasteiger partial charge on any atom is 0.223 e. The van der Waals surface area contributed by atoms with E-state index in [2.05, 4.69) is 5.32 Å². The van der Waals surface area contributed by atoms with Gasteiger partial charge in [-0.3, -0.25) is 4.79 Å². The summed E-state index contributed by atoms with van der Waals surface area (Å²) < 4.78 is 0. The van der Waals surface area contributed by atoms with E-state index in [0.717, 1.165) is 24.1 Å². The van der Waals surface area contributed by atoms with Gasteiger partial charge in [-0.25, -0.2) is 0 Å². The molecule has 1 aromatic carbocycles. The van der Waals surface area contributed by atoms with Crippen LogP contribution in [0.15, 0.2) is 24.3 Å². The van der Waals surface area contributed by atoms with Gasteiger partial charge in [0.2, 0.25) is 5.91 Å². The average molecular weight is 190 g/mol. The minimum Gasteiger partial charge on any atom is -0.399 e. The molecule has 0 spiro atoms. The van der Waals surface area contributed by atoms with Gasteiger partial charge >= 0.3 is 0 Å². The zero-order chi connectivity index (χ0) is 9.97.